The lowest BCUT2D eigenvalue weighted by molar-refractivity contribution is -0.119. The number of halogens is 1. The molecule has 0 radical (unpaired) electrons. The van der Waals surface area contributed by atoms with Crippen molar-refractivity contribution in [3.63, 3.8) is 0 Å². The average Bonchev–Trinajstić information content (AvgIpc) is 3.02. The standard InChI is InChI=1S/C16H21N3O3S.ClH/c1-10(8-17-2)15(20)19-16-18-13(9-23-16)12-7-11(21-3)5-6-14(12)22-4;/h5-7,9-10,17H,8H2,1-4H3,(H,18,19,20);1H. The van der Waals surface area contributed by atoms with Crippen molar-refractivity contribution in [2.24, 2.45) is 5.92 Å². The number of nitrogens with one attached hydrogen (secondary N) is 2. The third-order valence-corrected chi connectivity index (χ3v) is 4.13. The van der Waals surface area contributed by atoms with Gasteiger partial charge in [0.15, 0.2) is 5.13 Å². The van der Waals surface area contributed by atoms with Crippen LogP contribution in [0.1, 0.15) is 6.92 Å². The fourth-order valence-electron chi connectivity index (χ4n) is 2.10. The molecule has 0 saturated carbocycles. The highest BCUT2D eigenvalue weighted by Crippen LogP contribution is 2.35. The number of rotatable bonds is 7. The Labute approximate surface area is 152 Å². The number of carbonyl (C=O) groups is 1. The van der Waals surface area contributed by atoms with Gasteiger partial charge in [-0.05, 0) is 25.2 Å². The minimum absolute atomic E-state index is 0. The summed E-state index contributed by atoms with van der Waals surface area (Å²) < 4.78 is 10.6. The van der Waals surface area contributed by atoms with Crippen LogP contribution in [0.2, 0.25) is 0 Å². The van der Waals surface area contributed by atoms with E-state index < -0.39 is 0 Å². The predicted octanol–water partition coefficient (Wildman–Crippen LogP) is 3.04. The number of benzene rings is 1. The van der Waals surface area contributed by atoms with E-state index >= 15 is 0 Å². The molecule has 0 spiro atoms. The summed E-state index contributed by atoms with van der Waals surface area (Å²) in [4.78, 5) is 16.5. The summed E-state index contributed by atoms with van der Waals surface area (Å²) in [6.07, 6.45) is 0. The van der Waals surface area contributed by atoms with Gasteiger partial charge >= 0.3 is 0 Å². The Morgan fingerprint density at radius 3 is 2.71 bits per heavy atom. The molecule has 1 unspecified atom stereocenters. The number of ether oxygens (including phenoxy) is 2. The van der Waals surface area contributed by atoms with Crippen LogP contribution in [0, 0.1) is 5.92 Å². The average molecular weight is 372 g/mol. The molecule has 0 bridgehead atoms. The van der Waals surface area contributed by atoms with Gasteiger partial charge in [-0.2, -0.15) is 0 Å². The summed E-state index contributed by atoms with van der Waals surface area (Å²) in [5.74, 6) is 1.25. The lowest BCUT2D eigenvalue weighted by Gasteiger charge is -2.10. The summed E-state index contributed by atoms with van der Waals surface area (Å²) >= 11 is 1.38. The molecule has 1 aromatic carbocycles. The minimum Gasteiger partial charge on any atom is -0.497 e. The molecule has 2 N–H and O–H groups in total. The molecule has 1 heterocycles. The Morgan fingerprint density at radius 1 is 1.33 bits per heavy atom. The van der Waals surface area contributed by atoms with E-state index in [1.54, 1.807) is 14.2 Å². The normalized spacial score (nSPS) is 11.3. The molecule has 6 nitrogen and oxygen atoms in total. The van der Waals surface area contributed by atoms with E-state index in [0.29, 0.717) is 17.4 Å². The quantitative estimate of drug-likeness (QED) is 0.782. The summed E-state index contributed by atoms with van der Waals surface area (Å²) in [6.45, 7) is 2.49. The number of carbonyl (C=O) groups excluding carboxylic acids is 1. The molecule has 132 valence electrons. The molecule has 1 atom stereocenters. The Kier molecular flexibility index (Phi) is 7.97. The van der Waals surface area contributed by atoms with Crippen LogP contribution in [0.3, 0.4) is 0 Å². The Bertz CT molecular complexity index is 678. The van der Waals surface area contributed by atoms with Crippen molar-refractivity contribution < 1.29 is 14.3 Å². The molecule has 1 amide bonds. The SMILES string of the molecule is CNCC(C)C(=O)Nc1nc(-c2cc(OC)ccc2OC)cs1.Cl. The number of anilines is 1. The molecule has 0 aliphatic heterocycles. The van der Waals surface area contributed by atoms with Crippen molar-refractivity contribution in [3.8, 4) is 22.8 Å². The summed E-state index contributed by atoms with van der Waals surface area (Å²) in [5, 5.41) is 8.28. The lowest BCUT2D eigenvalue weighted by Crippen LogP contribution is -2.28. The van der Waals surface area contributed by atoms with Gasteiger partial charge in [0.1, 0.15) is 11.5 Å². The molecule has 0 fully saturated rings. The Morgan fingerprint density at radius 2 is 2.08 bits per heavy atom. The highest BCUT2D eigenvalue weighted by Gasteiger charge is 2.16. The zero-order valence-electron chi connectivity index (χ0n) is 14.1. The summed E-state index contributed by atoms with van der Waals surface area (Å²) in [7, 11) is 5.04. The second-order valence-electron chi connectivity index (χ2n) is 5.05. The highest BCUT2D eigenvalue weighted by atomic mass is 35.5. The molecule has 1 aromatic heterocycles. The van der Waals surface area contributed by atoms with E-state index in [0.717, 1.165) is 17.0 Å². The zero-order chi connectivity index (χ0) is 16.8. The zero-order valence-corrected chi connectivity index (χ0v) is 15.7. The second kappa shape index (κ2) is 9.46. The van der Waals surface area contributed by atoms with E-state index in [1.165, 1.54) is 11.3 Å². The van der Waals surface area contributed by atoms with Gasteiger partial charge in [0.2, 0.25) is 5.91 Å². The van der Waals surface area contributed by atoms with Gasteiger partial charge in [0.05, 0.1) is 19.9 Å². The van der Waals surface area contributed by atoms with Crippen molar-refractivity contribution in [1.82, 2.24) is 10.3 Å². The van der Waals surface area contributed by atoms with Crippen LogP contribution in [0.5, 0.6) is 11.5 Å². The van der Waals surface area contributed by atoms with Crippen LogP contribution < -0.4 is 20.1 Å². The van der Waals surface area contributed by atoms with Crippen LogP contribution in [0.15, 0.2) is 23.6 Å². The molecule has 0 saturated heterocycles. The first-order valence-electron chi connectivity index (χ1n) is 7.22. The van der Waals surface area contributed by atoms with E-state index in [-0.39, 0.29) is 24.2 Å². The molecule has 8 heteroatoms. The summed E-state index contributed by atoms with van der Waals surface area (Å²) in [5.41, 5.74) is 1.56. The minimum atomic E-state index is -0.126. The van der Waals surface area contributed by atoms with Gasteiger partial charge in [-0.1, -0.05) is 6.92 Å². The molecular weight excluding hydrogens is 350 g/mol. The first-order chi connectivity index (χ1) is 11.1. The number of hydrogen-bond donors (Lipinski definition) is 2. The van der Waals surface area contributed by atoms with Crippen LogP contribution in [-0.4, -0.2) is 38.7 Å². The first kappa shape index (κ1) is 20.2. The molecule has 2 rings (SSSR count). The number of amides is 1. The van der Waals surface area contributed by atoms with Gasteiger partial charge in [0.25, 0.3) is 0 Å². The predicted molar refractivity (Wildman–Crippen MR) is 99.6 cm³/mol. The van der Waals surface area contributed by atoms with Gasteiger partial charge in [-0.3, -0.25) is 4.79 Å². The van der Waals surface area contributed by atoms with Crippen molar-refractivity contribution in [2.75, 3.05) is 33.1 Å². The number of nitrogens with zero attached hydrogens (tertiary/aromatic N) is 1. The largest absolute Gasteiger partial charge is 0.497 e. The fraction of sp³-hybridized carbons (Fsp3) is 0.375. The van der Waals surface area contributed by atoms with E-state index in [4.69, 9.17) is 9.47 Å². The van der Waals surface area contributed by atoms with Gasteiger partial charge in [0, 0.05) is 23.4 Å². The Hall–Kier alpha value is -1.83. The van der Waals surface area contributed by atoms with Gasteiger partial charge in [-0.25, -0.2) is 4.98 Å². The molecule has 0 aliphatic rings. The number of aromatic nitrogens is 1. The topological polar surface area (TPSA) is 72.5 Å². The molecular formula is C16H22ClN3O3S. The third kappa shape index (κ3) is 4.83. The number of thiazole rings is 1. The number of hydrogen-bond acceptors (Lipinski definition) is 6. The maximum absolute atomic E-state index is 12.0. The Balaban J connectivity index is 0.00000288. The first-order valence-corrected chi connectivity index (χ1v) is 8.10. The maximum atomic E-state index is 12.0. The van der Waals surface area contributed by atoms with E-state index in [1.807, 2.05) is 37.6 Å². The van der Waals surface area contributed by atoms with Crippen LogP contribution in [0.4, 0.5) is 5.13 Å². The molecule has 0 aliphatic carbocycles. The fourth-order valence-corrected chi connectivity index (χ4v) is 2.81. The van der Waals surface area contributed by atoms with Crippen molar-refractivity contribution in [1.29, 1.82) is 0 Å². The lowest BCUT2D eigenvalue weighted by atomic mass is 10.1. The molecule has 24 heavy (non-hydrogen) atoms. The van der Waals surface area contributed by atoms with Gasteiger partial charge < -0.3 is 20.1 Å². The number of methoxy groups -OCH3 is 2. The van der Waals surface area contributed by atoms with Crippen molar-refractivity contribution >= 4 is 34.8 Å². The van der Waals surface area contributed by atoms with Crippen molar-refractivity contribution in [2.45, 2.75) is 6.92 Å². The highest BCUT2D eigenvalue weighted by molar-refractivity contribution is 7.14. The van der Waals surface area contributed by atoms with Crippen LogP contribution >= 0.6 is 23.7 Å². The van der Waals surface area contributed by atoms with Gasteiger partial charge in [-0.15, -0.1) is 23.7 Å². The monoisotopic (exact) mass is 371 g/mol. The third-order valence-electron chi connectivity index (χ3n) is 3.37. The second-order valence-corrected chi connectivity index (χ2v) is 5.91. The van der Waals surface area contributed by atoms with E-state index in [2.05, 4.69) is 15.6 Å². The van der Waals surface area contributed by atoms with Crippen molar-refractivity contribution in [3.05, 3.63) is 23.6 Å². The van der Waals surface area contributed by atoms with Crippen LogP contribution in [-0.2, 0) is 4.79 Å². The van der Waals surface area contributed by atoms with E-state index in [9.17, 15) is 4.79 Å². The molecule has 2 aromatic rings. The summed E-state index contributed by atoms with van der Waals surface area (Å²) in [6, 6.07) is 5.53. The maximum Gasteiger partial charge on any atom is 0.230 e. The smallest absolute Gasteiger partial charge is 0.230 e. The van der Waals surface area contributed by atoms with Crippen LogP contribution in [0.25, 0.3) is 11.3 Å².